The van der Waals surface area contributed by atoms with Crippen molar-refractivity contribution in [2.24, 2.45) is 5.92 Å². The van der Waals surface area contributed by atoms with Crippen LogP contribution in [0.1, 0.15) is 43.6 Å². The van der Waals surface area contributed by atoms with Gasteiger partial charge in [-0.15, -0.1) is 0 Å². The third-order valence-corrected chi connectivity index (χ3v) is 2.87. The third kappa shape index (κ3) is 5.38. The quantitative estimate of drug-likeness (QED) is 0.818. The molecule has 1 aromatic heterocycles. The number of aliphatic carboxylic acids is 1. The van der Waals surface area contributed by atoms with E-state index in [4.69, 9.17) is 5.11 Å². The van der Waals surface area contributed by atoms with Gasteiger partial charge in [-0.3, -0.25) is 9.78 Å². The van der Waals surface area contributed by atoms with E-state index in [1.807, 2.05) is 13.8 Å². The van der Waals surface area contributed by atoms with Crippen molar-refractivity contribution in [2.75, 3.05) is 6.54 Å². The first-order valence-corrected chi connectivity index (χ1v) is 6.98. The molecule has 114 valence electrons. The Morgan fingerprint density at radius 1 is 1.29 bits per heavy atom. The van der Waals surface area contributed by atoms with Gasteiger partial charge < -0.3 is 10.0 Å². The van der Waals surface area contributed by atoms with E-state index < -0.39 is 5.97 Å². The maximum atomic E-state index is 12.6. The zero-order chi connectivity index (χ0) is 16.0. The van der Waals surface area contributed by atoms with Gasteiger partial charge in [-0.05, 0) is 37.5 Å². The molecular formula is C16H22N2O3. The number of carboxylic acid groups (broad SMARTS) is 1. The molecule has 1 aromatic rings. The van der Waals surface area contributed by atoms with Crippen LogP contribution in [0, 0.1) is 5.92 Å². The monoisotopic (exact) mass is 290 g/mol. The van der Waals surface area contributed by atoms with Gasteiger partial charge in [0.2, 0.25) is 0 Å². The van der Waals surface area contributed by atoms with Crippen molar-refractivity contribution in [1.82, 2.24) is 9.88 Å². The second kappa shape index (κ2) is 7.57. The van der Waals surface area contributed by atoms with Gasteiger partial charge in [-0.25, -0.2) is 4.79 Å². The van der Waals surface area contributed by atoms with Crippen LogP contribution in [-0.2, 0) is 4.79 Å². The van der Waals surface area contributed by atoms with Crippen molar-refractivity contribution >= 4 is 18.0 Å². The van der Waals surface area contributed by atoms with Gasteiger partial charge in [0.15, 0.2) is 0 Å². The highest BCUT2D eigenvalue weighted by Crippen LogP contribution is 2.12. The van der Waals surface area contributed by atoms with Crippen molar-refractivity contribution in [1.29, 1.82) is 0 Å². The van der Waals surface area contributed by atoms with Gasteiger partial charge in [-0.2, -0.15) is 0 Å². The average Bonchev–Trinajstić information content (AvgIpc) is 2.41. The molecule has 1 rings (SSSR count). The van der Waals surface area contributed by atoms with E-state index in [9.17, 15) is 9.59 Å². The molecule has 0 atom stereocenters. The predicted molar refractivity (Wildman–Crippen MR) is 81.9 cm³/mol. The molecule has 0 saturated carbocycles. The van der Waals surface area contributed by atoms with Crippen molar-refractivity contribution in [2.45, 2.75) is 33.7 Å². The second-order valence-corrected chi connectivity index (χ2v) is 5.62. The molecule has 0 saturated heterocycles. The first-order valence-electron chi connectivity index (χ1n) is 6.98. The fourth-order valence-electron chi connectivity index (χ4n) is 1.92. The maximum Gasteiger partial charge on any atom is 0.328 e. The van der Waals surface area contributed by atoms with Crippen LogP contribution in [-0.4, -0.2) is 39.5 Å². The standard InChI is InChI=1S/C16H22N2O3/c1-11(2)10-18(12(3)4)16(21)14-7-13(8-17-9-14)5-6-15(19)20/h5-9,11-12H,10H2,1-4H3,(H,19,20). The van der Waals surface area contributed by atoms with Crippen molar-refractivity contribution in [3.63, 3.8) is 0 Å². The molecule has 0 aromatic carbocycles. The molecule has 0 bridgehead atoms. The lowest BCUT2D eigenvalue weighted by Crippen LogP contribution is -2.39. The zero-order valence-electron chi connectivity index (χ0n) is 12.9. The van der Waals surface area contributed by atoms with Gasteiger partial charge in [0, 0.05) is 31.1 Å². The molecule has 21 heavy (non-hydrogen) atoms. The Kier molecular flexibility index (Phi) is 6.09. The highest BCUT2D eigenvalue weighted by Gasteiger charge is 2.20. The molecule has 0 aliphatic heterocycles. The van der Waals surface area contributed by atoms with Crippen molar-refractivity contribution < 1.29 is 14.7 Å². The molecule has 0 spiro atoms. The van der Waals surface area contributed by atoms with Gasteiger partial charge in [0.05, 0.1) is 5.56 Å². The minimum absolute atomic E-state index is 0.0863. The van der Waals surface area contributed by atoms with Crippen LogP contribution in [0.25, 0.3) is 6.08 Å². The van der Waals surface area contributed by atoms with Crippen LogP contribution < -0.4 is 0 Å². The largest absolute Gasteiger partial charge is 0.478 e. The van der Waals surface area contributed by atoms with E-state index in [1.165, 1.54) is 18.5 Å². The predicted octanol–water partition coefficient (Wildman–Crippen LogP) is 2.69. The summed E-state index contributed by atoms with van der Waals surface area (Å²) >= 11 is 0. The summed E-state index contributed by atoms with van der Waals surface area (Å²) in [6.45, 7) is 8.75. The summed E-state index contributed by atoms with van der Waals surface area (Å²) in [5.41, 5.74) is 1.06. The number of carbonyl (C=O) groups is 2. The van der Waals surface area contributed by atoms with Crippen molar-refractivity contribution in [3.8, 4) is 0 Å². The summed E-state index contributed by atoms with van der Waals surface area (Å²) in [5, 5.41) is 8.63. The molecule has 0 aliphatic carbocycles. The Morgan fingerprint density at radius 3 is 2.48 bits per heavy atom. The van der Waals surface area contributed by atoms with Crippen LogP contribution >= 0.6 is 0 Å². The van der Waals surface area contributed by atoms with Crippen LogP contribution in [0.15, 0.2) is 24.5 Å². The van der Waals surface area contributed by atoms with Gasteiger partial charge in [0.1, 0.15) is 0 Å². The average molecular weight is 290 g/mol. The van der Waals surface area contributed by atoms with Crippen LogP contribution in [0.3, 0.4) is 0 Å². The van der Waals surface area contributed by atoms with Gasteiger partial charge in [-0.1, -0.05) is 13.8 Å². The third-order valence-electron chi connectivity index (χ3n) is 2.87. The van der Waals surface area contributed by atoms with Crippen LogP contribution in [0.2, 0.25) is 0 Å². The first kappa shape index (κ1) is 16.9. The van der Waals surface area contributed by atoms with Gasteiger partial charge in [0.25, 0.3) is 5.91 Å². The highest BCUT2D eigenvalue weighted by atomic mass is 16.4. The maximum absolute atomic E-state index is 12.6. The van der Waals surface area contributed by atoms with Crippen LogP contribution in [0.5, 0.6) is 0 Å². The molecule has 1 N–H and O–H groups in total. The Hall–Kier alpha value is -2.17. The number of nitrogens with zero attached hydrogens (tertiary/aromatic N) is 2. The Morgan fingerprint density at radius 2 is 1.95 bits per heavy atom. The molecule has 5 heteroatoms. The Balaban J connectivity index is 3.00. The van der Waals surface area contributed by atoms with E-state index >= 15 is 0 Å². The van der Waals surface area contributed by atoms with Crippen molar-refractivity contribution in [3.05, 3.63) is 35.7 Å². The normalized spacial score (nSPS) is 11.3. The topological polar surface area (TPSA) is 70.5 Å². The lowest BCUT2D eigenvalue weighted by atomic mass is 10.1. The molecule has 0 fully saturated rings. The minimum Gasteiger partial charge on any atom is -0.478 e. The fourth-order valence-corrected chi connectivity index (χ4v) is 1.92. The van der Waals surface area contributed by atoms with E-state index in [-0.39, 0.29) is 11.9 Å². The summed E-state index contributed by atoms with van der Waals surface area (Å²) in [6, 6.07) is 1.75. The number of hydrogen-bond donors (Lipinski definition) is 1. The summed E-state index contributed by atoms with van der Waals surface area (Å²) in [4.78, 5) is 28.9. The SMILES string of the molecule is CC(C)CN(C(=O)c1cncc(C=CC(=O)O)c1)C(C)C. The smallest absolute Gasteiger partial charge is 0.328 e. The minimum atomic E-state index is -1.03. The second-order valence-electron chi connectivity index (χ2n) is 5.62. The van der Waals surface area contributed by atoms with E-state index in [1.54, 1.807) is 11.0 Å². The number of carboxylic acids is 1. The molecule has 5 nitrogen and oxygen atoms in total. The fraction of sp³-hybridized carbons (Fsp3) is 0.438. The first-order chi connectivity index (χ1) is 9.81. The molecule has 0 radical (unpaired) electrons. The van der Waals surface area contributed by atoms with Gasteiger partial charge >= 0.3 is 5.97 Å². The number of carbonyl (C=O) groups excluding carboxylic acids is 1. The molecule has 1 amide bonds. The molecule has 1 heterocycles. The number of amides is 1. The number of hydrogen-bond acceptors (Lipinski definition) is 3. The Labute approximate surface area is 125 Å². The number of aromatic nitrogens is 1. The summed E-state index contributed by atoms with van der Waals surface area (Å²) in [7, 11) is 0. The Bertz CT molecular complexity index is 536. The zero-order valence-corrected chi connectivity index (χ0v) is 12.9. The summed E-state index contributed by atoms with van der Waals surface area (Å²) in [5.74, 6) is -0.744. The molecular weight excluding hydrogens is 268 g/mol. The highest BCUT2D eigenvalue weighted by molar-refractivity contribution is 5.95. The van der Waals surface area contributed by atoms with E-state index in [0.29, 0.717) is 23.6 Å². The van der Waals surface area contributed by atoms with Crippen LogP contribution in [0.4, 0.5) is 0 Å². The lowest BCUT2D eigenvalue weighted by Gasteiger charge is -2.28. The number of pyridine rings is 1. The summed E-state index contributed by atoms with van der Waals surface area (Å²) < 4.78 is 0. The summed E-state index contributed by atoms with van der Waals surface area (Å²) in [6.07, 6.45) is 5.49. The van der Waals surface area contributed by atoms with E-state index in [0.717, 1.165) is 6.08 Å². The van der Waals surface area contributed by atoms with E-state index in [2.05, 4.69) is 18.8 Å². The molecule has 0 unspecified atom stereocenters. The lowest BCUT2D eigenvalue weighted by molar-refractivity contribution is -0.131. The molecule has 0 aliphatic rings. The number of rotatable bonds is 6.